The molecule has 0 saturated carbocycles. The van der Waals surface area contributed by atoms with E-state index in [1.165, 1.54) is 4.90 Å². The average Bonchev–Trinajstić information content (AvgIpc) is 3.27. The number of fused-ring (bicyclic) bond motifs is 1. The average molecular weight is 505 g/mol. The van der Waals surface area contributed by atoms with Gasteiger partial charge in [0.15, 0.2) is 5.58 Å². The Morgan fingerprint density at radius 1 is 1.06 bits per heavy atom. The van der Waals surface area contributed by atoms with Crippen molar-refractivity contribution in [1.82, 2.24) is 19.8 Å². The molecule has 0 spiro atoms. The van der Waals surface area contributed by atoms with Gasteiger partial charge in [0.2, 0.25) is 0 Å². The highest BCUT2D eigenvalue weighted by molar-refractivity contribution is 7.84. The smallest absolute Gasteiger partial charge is 0.271 e. The number of amides is 1. The second-order valence-corrected chi connectivity index (χ2v) is 12.0. The van der Waals surface area contributed by atoms with E-state index in [1.807, 2.05) is 82.3 Å². The fourth-order valence-corrected chi connectivity index (χ4v) is 4.76. The van der Waals surface area contributed by atoms with Crippen LogP contribution in [0.15, 0.2) is 65.2 Å². The van der Waals surface area contributed by atoms with E-state index in [2.05, 4.69) is 9.88 Å². The zero-order valence-electron chi connectivity index (χ0n) is 21.5. The summed E-state index contributed by atoms with van der Waals surface area (Å²) in [4.78, 5) is 18.8. The summed E-state index contributed by atoms with van der Waals surface area (Å²) >= 11 is 0. The summed E-state index contributed by atoms with van der Waals surface area (Å²) in [5.41, 5.74) is 5.37. The molecule has 8 heteroatoms. The standard InChI is InChI=1S/C28H32N4O3S/c1-18-15-16-22(27(33)32(5)6)29-23(18)17-24(31-36(34)28(2,3)4)19-11-7-8-12-20(19)26-21-13-9-10-14-25(21)35-30-26/h7-16,24,31H,17H2,1-6H3. The van der Waals surface area contributed by atoms with Crippen molar-refractivity contribution in [2.45, 2.75) is 44.9 Å². The Hall–Kier alpha value is -3.36. The van der Waals surface area contributed by atoms with Crippen molar-refractivity contribution >= 4 is 27.9 Å². The molecule has 0 bridgehead atoms. The Morgan fingerprint density at radius 2 is 1.75 bits per heavy atom. The number of benzene rings is 2. The van der Waals surface area contributed by atoms with Gasteiger partial charge in [-0.2, -0.15) is 0 Å². The van der Waals surface area contributed by atoms with Gasteiger partial charge in [-0.1, -0.05) is 47.6 Å². The Balaban J connectivity index is 1.82. The lowest BCUT2D eigenvalue weighted by Crippen LogP contribution is -2.37. The molecular formula is C28H32N4O3S. The lowest BCUT2D eigenvalue weighted by atomic mass is 9.93. The first-order valence-corrected chi connectivity index (χ1v) is 13.0. The predicted octanol–water partition coefficient (Wildman–Crippen LogP) is 5.24. The molecule has 2 atom stereocenters. The summed E-state index contributed by atoms with van der Waals surface area (Å²) in [5, 5.41) is 5.28. The number of aromatic nitrogens is 2. The summed E-state index contributed by atoms with van der Waals surface area (Å²) in [5.74, 6) is -0.159. The number of nitrogens with one attached hydrogen (secondary N) is 1. The molecule has 0 aliphatic rings. The quantitative estimate of drug-likeness (QED) is 0.372. The Bertz CT molecular complexity index is 1420. The van der Waals surface area contributed by atoms with Crippen molar-refractivity contribution in [3.05, 3.63) is 83.2 Å². The number of carbonyl (C=O) groups is 1. The number of hydrogen-bond donors (Lipinski definition) is 1. The zero-order chi connectivity index (χ0) is 26.0. The van der Waals surface area contributed by atoms with Gasteiger partial charge in [0.25, 0.3) is 5.91 Å². The van der Waals surface area contributed by atoms with Crippen LogP contribution < -0.4 is 4.72 Å². The van der Waals surface area contributed by atoms with Gasteiger partial charge < -0.3 is 9.42 Å². The first-order valence-electron chi connectivity index (χ1n) is 11.9. The van der Waals surface area contributed by atoms with E-state index in [1.54, 1.807) is 20.2 Å². The maximum atomic E-state index is 13.3. The molecule has 0 fully saturated rings. The van der Waals surface area contributed by atoms with Crippen LogP contribution in [0, 0.1) is 6.92 Å². The van der Waals surface area contributed by atoms with E-state index in [9.17, 15) is 9.00 Å². The molecule has 36 heavy (non-hydrogen) atoms. The van der Waals surface area contributed by atoms with E-state index in [4.69, 9.17) is 9.51 Å². The molecule has 4 rings (SSSR count). The number of carbonyl (C=O) groups excluding carboxylic acids is 1. The van der Waals surface area contributed by atoms with E-state index in [0.29, 0.717) is 17.7 Å². The minimum Gasteiger partial charge on any atom is -0.356 e. The lowest BCUT2D eigenvalue weighted by Gasteiger charge is -2.26. The van der Waals surface area contributed by atoms with Gasteiger partial charge >= 0.3 is 0 Å². The third-order valence-corrected chi connectivity index (χ3v) is 7.61. The highest BCUT2D eigenvalue weighted by Gasteiger charge is 2.27. The molecule has 2 heterocycles. The van der Waals surface area contributed by atoms with Gasteiger partial charge in [-0.15, -0.1) is 0 Å². The second kappa shape index (κ2) is 10.3. The number of para-hydroxylation sites is 1. The first-order chi connectivity index (χ1) is 17.1. The monoisotopic (exact) mass is 504 g/mol. The maximum absolute atomic E-state index is 13.3. The topological polar surface area (TPSA) is 88.3 Å². The van der Waals surface area contributed by atoms with Crippen LogP contribution in [0.25, 0.3) is 22.2 Å². The molecule has 0 radical (unpaired) electrons. The fraction of sp³-hybridized carbons (Fsp3) is 0.321. The van der Waals surface area contributed by atoms with Crippen molar-refractivity contribution in [2.75, 3.05) is 14.1 Å². The van der Waals surface area contributed by atoms with Crippen LogP contribution in [-0.4, -0.2) is 44.0 Å². The minimum absolute atomic E-state index is 0.159. The van der Waals surface area contributed by atoms with Crippen LogP contribution in [0.4, 0.5) is 0 Å². The molecule has 0 aliphatic heterocycles. The number of rotatable bonds is 7. The first kappa shape index (κ1) is 25.7. The molecule has 1 amide bonds. The van der Waals surface area contributed by atoms with Crippen LogP contribution in [0.1, 0.15) is 54.1 Å². The zero-order valence-corrected chi connectivity index (χ0v) is 22.3. The van der Waals surface area contributed by atoms with Crippen molar-refractivity contribution in [3.63, 3.8) is 0 Å². The Morgan fingerprint density at radius 3 is 2.47 bits per heavy atom. The van der Waals surface area contributed by atoms with E-state index in [-0.39, 0.29) is 11.9 Å². The van der Waals surface area contributed by atoms with Crippen molar-refractivity contribution in [2.24, 2.45) is 0 Å². The summed E-state index contributed by atoms with van der Waals surface area (Å²) in [7, 11) is 2.07. The molecule has 1 N–H and O–H groups in total. The van der Waals surface area contributed by atoms with E-state index in [0.717, 1.165) is 33.5 Å². The van der Waals surface area contributed by atoms with Gasteiger partial charge in [0.1, 0.15) is 11.4 Å². The molecule has 2 unspecified atom stereocenters. The van der Waals surface area contributed by atoms with Crippen molar-refractivity contribution in [3.8, 4) is 11.3 Å². The number of hydrogen-bond acceptors (Lipinski definition) is 5. The highest BCUT2D eigenvalue weighted by atomic mass is 32.2. The van der Waals surface area contributed by atoms with Crippen molar-refractivity contribution < 1.29 is 13.5 Å². The molecule has 2 aromatic carbocycles. The predicted molar refractivity (Wildman–Crippen MR) is 144 cm³/mol. The van der Waals surface area contributed by atoms with Gasteiger partial charge in [-0.3, -0.25) is 4.79 Å². The van der Waals surface area contributed by atoms with E-state index >= 15 is 0 Å². The second-order valence-electron chi connectivity index (χ2n) is 10.0. The summed E-state index contributed by atoms with van der Waals surface area (Å²) in [6.45, 7) is 7.78. The Kier molecular flexibility index (Phi) is 7.38. The number of pyridine rings is 1. The highest BCUT2D eigenvalue weighted by Crippen LogP contribution is 2.35. The van der Waals surface area contributed by atoms with Crippen LogP contribution in [0.2, 0.25) is 0 Å². The Labute approximate surface area is 214 Å². The minimum atomic E-state index is -1.35. The maximum Gasteiger partial charge on any atom is 0.271 e. The molecular weight excluding hydrogens is 472 g/mol. The lowest BCUT2D eigenvalue weighted by molar-refractivity contribution is 0.0821. The summed E-state index contributed by atoms with van der Waals surface area (Å²) < 4.78 is 21.7. The largest absolute Gasteiger partial charge is 0.356 e. The van der Waals surface area contributed by atoms with Gasteiger partial charge in [0.05, 0.1) is 21.8 Å². The van der Waals surface area contributed by atoms with Crippen LogP contribution in [-0.2, 0) is 17.4 Å². The van der Waals surface area contributed by atoms with Crippen LogP contribution in [0.5, 0.6) is 0 Å². The van der Waals surface area contributed by atoms with Crippen LogP contribution >= 0.6 is 0 Å². The molecule has 0 saturated heterocycles. The molecule has 0 aliphatic carbocycles. The molecule has 2 aromatic heterocycles. The number of nitrogens with zero attached hydrogens (tertiary/aromatic N) is 3. The normalized spacial score (nSPS) is 13.5. The van der Waals surface area contributed by atoms with Gasteiger partial charge in [0, 0.05) is 37.2 Å². The fourth-order valence-electron chi connectivity index (χ4n) is 3.94. The van der Waals surface area contributed by atoms with Crippen molar-refractivity contribution in [1.29, 1.82) is 0 Å². The van der Waals surface area contributed by atoms with E-state index < -0.39 is 15.7 Å². The third kappa shape index (κ3) is 5.39. The molecule has 188 valence electrons. The summed E-state index contributed by atoms with van der Waals surface area (Å²) in [6, 6.07) is 19.0. The number of aryl methyl sites for hydroxylation is 1. The third-order valence-electron chi connectivity index (χ3n) is 6.00. The molecule has 7 nitrogen and oxygen atoms in total. The molecule has 4 aromatic rings. The SMILES string of the molecule is Cc1ccc(C(=O)N(C)C)nc1CC(NS(=O)C(C)(C)C)c1ccccc1-c1noc2ccccc12. The van der Waals surface area contributed by atoms with Gasteiger partial charge in [-0.25, -0.2) is 13.9 Å². The van der Waals surface area contributed by atoms with Gasteiger partial charge in [-0.05, 0) is 57.0 Å². The van der Waals surface area contributed by atoms with Crippen LogP contribution in [0.3, 0.4) is 0 Å². The summed E-state index contributed by atoms with van der Waals surface area (Å²) in [6.07, 6.45) is 0.439.